The maximum absolute atomic E-state index is 12.4. The van der Waals surface area contributed by atoms with Crippen molar-refractivity contribution in [1.82, 2.24) is 14.9 Å². The molecular weight excluding hydrogens is 346 g/mol. The maximum atomic E-state index is 12.4. The molecule has 0 radical (unpaired) electrons. The van der Waals surface area contributed by atoms with Gasteiger partial charge in [0, 0.05) is 17.1 Å². The molecule has 3 rings (SSSR count). The van der Waals surface area contributed by atoms with E-state index in [9.17, 15) is 4.79 Å². The smallest absolute Gasteiger partial charge is 0.251 e. The summed E-state index contributed by atoms with van der Waals surface area (Å²) < 4.78 is 2.23. The molecule has 1 amide bonds. The van der Waals surface area contributed by atoms with Gasteiger partial charge in [0.2, 0.25) is 0 Å². The molecule has 1 aromatic heterocycles. The number of benzene rings is 2. The summed E-state index contributed by atoms with van der Waals surface area (Å²) in [5.41, 5.74) is 2.65. The van der Waals surface area contributed by atoms with E-state index < -0.39 is 0 Å². The number of halogens is 1. The summed E-state index contributed by atoms with van der Waals surface area (Å²) in [5.74, 6) is 0.746. The lowest BCUT2D eigenvalue weighted by Crippen LogP contribution is -2.24. The highest BCUT2D eigenvalue weighted by Crippen LogP contribution is 2.18. The summed E-state index contributed by atoms with van der Waals surface area (Å²) in [7, 11) is 0. The molecule has 1 N–H and O–H groups in total. The number of para-hydroxylation sites is 2. The molecule has 0 unspecified atom stereocenters. The van der Waals surface area contributed by atoms with Gasteiger partial charge in [-0.2, -0.15) is 0 Å². The number of nitrogens with one attached hydrogen (secondary N) is 1. The van der Waals surface area contributed by atoms with E-state index in [4.69, 9.17) is 16.6 Å². The minimum atomic E-state index is -0.142. The minimum Gasteiger partial charge on any atom is -0.345 e. The Morgan fingerprint density at radius 1 is 1.12 bits per heavy atom. The Morgan fingerprint density at radius 3 is 2.77 bits per heavy atom. The summed E-state index contributed by atoms with van der Waals surface area (Å²) in [4.78, 5) is 17.1. The second-order valence-electron chi connectivity index (χ2n) is 6.42. The molecule has 0 fully saturated rings. The number of imidazole rings is 1. The van der Waals surface area contributed by atoms with Crippen LogP contribution in [0.3, 0.4) is 0 Å². The lowest BCUT2D eigenvalue weighted by molar-refractivity contribution is 0.0949. The van der Waals surface area contributed by atoms with Crippen molar-refractivity contribution in [2.75, 3.05) is 0 Å². The number of amides is 1. The van der Waals surface area contributed by atoms with Gasteiger partial charge in [0.05, 0.1) is 17.6 Å². The zero-order valence-electron chi connectivity index (χ0n) is 15.0. The van der Waals surface area contributed by atoms with Crippen molar-refractivity contribution in [2.45, 2.75) is 45.7 Å². The average molecular weight is 370 g/mol. The van der Waals surface area contributed by atoms with Crippen LogP contribution in [0.2, 0.25) is 5.02 Å². The predicted octanol–water partition coefficient (Wildman–Crippen LogP) is 5.20. The van der Waals surface area contributed by atoms with Crippen molar-refractivity contribution in [2.24, 2.45) is 0 Å². The third-order valence-electron chi connectivity index (χ3n) is 4.46. The molecule has 0 spiro atoms. The van der Waals surface area contributed by atoms with E-state index in [2.05, 4.69) is 22.9 Å². The maximum Gasteiger partial charge on any atom is 0.251 e. The number of rotatable bonds is 8. The van der Waals surface area contributed by atoms with Crippen LogP contribution in [0.25, 0.3) is 11.0 Å². The molecule has 0 aliphatic heterocycles. The molecule has 26 heavy (non-hydrogen) atoms. The number of aromatic nitrogens is 2. The van der Waals surface area contributed by atoms with Gasteiger partial charge < -0.3 is 9.88 Å². The molecule has 0 saturated carbocycles. The van der Waals surface area contributed by atoms with Crippen molar-refractivity contribution in [3.8, 4) is 0 Å². The molecular formula is C21H24ClN3O. The molecule has 0 atom stereocenters. The third kappa shape index (κ3) is 4.44. The molecule has 0 aliphatic carbocycles. The molecule has 0 saturated heterocycles. The molecule has 5 heteroatoms. The first kappa shape index (κ1) is 18.5. The first-order valence-corrected chi connectivity index (χ1v) is 9.54. The van der Waals surface area contributed by atoms with Crippen molar-refractivity contribution >= 4 is 28.5 Å². The molecule has 0 aliphatic rings. The first-order chi connectivity index (χ1) is 12.7. The van der Waals surface area contributed by atoms with Gasteiger partial charge in [-0.25, -0.2) is 4.98 Å². The SMILES string of the molecule is CCCCCCn1c(CNC(=O)c2cccc(Cl)c2)nc2ccccc21. The second kappa shape index (κ2) is 8.86. The van der Waals surface area contributed by atoms with Gasteiger partial charge in [0.25, 0.3) is 5.91 Å². The normalized spacial score (nSPS) is 11.0. The zero-order valence-corrected chi connectivity index (χ0v) is 15.8. The fourth-order valence-electron chi connectivity index (χ4n) is 3.10. The largest absolute Gasteiger partial charge is 0.345 e. The first-order valence-electron chi connectivity index (χ1n) is 9.17. The van der Waals surface area contributed by atoms with Crippen molar-refractivity contribution in [3.05, 3.63) is 64.9 Å². The highest BCUT2D eigenvalue weighted by Gasteiger charge is 2.12. The molecule has 136 valence electrons. The van der Waals surface area contributed by atoms with E-state index >= 15 is 0 Å². The number of hydrogen-bond acceptors (Lipinski definition) is 2. The third-order valence-corrected chi connectivity index (χ3v) is 4.70. The van der Waals surface area contributed by atoms with Crippen LogP contribution in [-0.2, 0) is 13.1 Å². The van der Waals surface area contributed by atoms with Crippen LogP contribution in [0.4, 0.5) is 0 Å². The monoisotopic (exact) mass is 369 g/mol. The van der Waals surface area contributed by atoms with Gasteiger partial charge in [-0.1, -0.05) is 56.0 Å². The number of carbonyl (C=O) groups excluding carboxylic acids is 1. The van der Waals surface area contributed by atoms with E-state index in [1.165, 1.54) is 19.3 Å². The van der Waals surface area contributed by atoms with E-state index in [1.54, 1.807) is 24.3 Å². The summed E-state index contributed by atoms with van der Waals surface area (Å²) >= 11 is 5.97. The van der Waals surface area contributed by atoms with Crippen molar-refractivity contribution in [3.63, 3.8) is 0 Å². The lowest BCUT2D eigenvalue weighted by Gasteiger charge is -2.10. The van der Waals surface area contributed by atoms with Crippen LogP contribution < -0.4 is 5.32 Å². The highest BCUT2D eigenvalue weighted by atomic mass is 35.5. The lowest BCUT2D eigenvalue weighted by atomic mass is 10.2. The van der Waals surface area contributed by atoms with Gasteiger partial charge in [-0.05, 0) is 36.8 Å². The fraction of sp³-hybridized carbons (Fsp3) is 0.333. The highest BCUT2D eigenvalue weighted by molar-refractivity contribution is 6.30. The summed E-state index contributed by atoms with van der Waals surface area (Å²) in [6, 6.07) is 15.1. The van der Waals surface area contributed by atoms with Gasteiger partial charge in [-0.3, -0.25) is 4.79 Å². The summed E-state index contributed by atoms with van der Waals surface area (Å²) in [6.45, 7) is 3.53. The predicted molar refractivity (Wildman–Crippen MR) is 106 cm³/mol. The van der Waals surface area contributed by atoms with E-state index in [1.807, 2.05) is 18.2 Å². The molecule has 4 nitrogen and oxygen atoms in total. The van der Waals surface area contributed by atoms with E-state index in [-0.39, 0.29) is 5.91 Å². The van der Waals surface area contributed by atoms with Crippen LogP contribution in [0.1, 0.15) is 48.8 Å². The Balaban J connectivity index is 1.74. The van der Waals surface area contributed by atoms with Crippen LogP contribution in [-0.4, -0.2) is 15.5 Å². The number of fused-ring (bicyclic) bond motifs is 1. The summed E-state index contributed by atoms with van der Waals surface area (Å²) in [6.07, 6.45) is 4.78. The Bertz CT molecular complexity index is 888. The Labute approximate surface area is 159 Å². The van der Waals surface area contributed by atoms with Crippen LogP contribution >= 0.6 is 11.6 Å². The van der Waals surface area contributed by atoms with Crippen molar-refractivity contribution in [1.29, 1.82) is 0 Å². The quantitative estimate of drug-likeness (QED) is 0.555. The molecule has 2 aromatic carbocycles. The molecule has 0 bridgehead atoms. The van der Waals surface area contributed by atoms with Crippen LogP contribution in [0.5, 0.6) is 0 Å². The number of hydrogen-bond donors (Lipinski definition) is 1. The molecule has 1 heterocycles. The number of unbranched alkanes of at least 4 members (excludes halogenated alkanes) is 3. The van der Waals surface area contributed by atoms with Crippen LogP contribution in [0.15, 0.2) is 48.5 Å². The number of carbonyl (C=O) groups is 1. The average Bonchev–Trinajstić information content (AvgIpc) is 3.01. The van der Waals surface area contributed by atoms with E-state index in [0.29, 0.717) is 17.1 Å². The Kier molecular flexibility index (Phi) is 6.29. The van der Waals surface area contributed by atoms with E-state index in [0.717, 1.165) is 29.8 Å². The summed E-state index contributed by atoms with van der Waals surface area (Å²) in [5, 5.41) is 3.52. The zero-order chi connectivity index (χ0) is 18.4. The standard InChI is InChI=1S/C21H24ClN3O/c1-2-3-4-7-13-25-19-12-6-5-11-18(19)24-20(25)15-23-21(26)16-9-8-10-17(22)14-16/h5-6,8-12,14H,2-4,7,13,15H2,1H3,(H,23,26). The number of aryl methyl sites for hydroxylation is 1. The van der Waals surface area contributed by atoms with Crippen LogP contribution in [0, 0.1) is 0 Å². The topological polar surface area (TPSA) is 46.9 Å². The fourth-order valence-corrected chi connectivity index (χ4v) is 3.29. The van der Waals surface area contributed by atoms with Gasteiger partial charge in [0.1, 0.15) is 5.82 Å². The van der Waals surface area contributed by atoms with Gasteiger partial charge in [0.15, 0.2) is 0 Å². The Hall–Kier alpha value is -2.33. The van der Waals surface area contributed by atoms with Crippen molar-refractivity contribution < 1.29 is 4.79 Å². The van der Waals surface area contributed by atoms with Gasteiger partial charge >= 0.3 is 0 Å². The number of nitrogens with zero attached hydrogens (tertiary/aromatic N) is 2. The Morgan fingerprint density at radius 2 is 1.96 bits per heavy atom. The molecule has 3 aromatic rings. The second-order valence-corrected chi connectivity index (χ2v) is 6.86. The van der Waals surface area contributed by atoms with Gasteiger partial charge in [-0.15, -0.1) is 0 Å². The minimum absolute atomic E-state index is 0.142.